The topological polar surface area (TPSA) is 9.23 Å². The van der Waals surface area contributed by atoms with Gasteiger partial charge in [-0.25, -0.2) is 0 Å². The molecule has 0 saturated heterocycles. The first kappa shape index (κ1) is 11.3. The second-order valence-corrected chi connectivity index (χ2v) is 4.90. The van der Waals surface area contributed by atoms with Crippen molar-refractivity contribution in [3.63, 3.8) is 0 Å². The lowest BCUT2D eigenvalue weighted by atomic mass is 9.94. The fourth-order valence-corrected chi connectivity index (χ4v) is 2.65. The fraction of sp³-hybridized carbons (Fsp3) is 0.294. The quantitative estimate of drug-likeness (QED) is 0.763. The summed E-state index contributed by atoms with van der Waals surface area (Å²) in [7, 11) is 0. The molecule has 0 fully saturated rings. The Morgan fingerprint density at radius 2 is 1.94 bits per heavy atom. The van der Waals surface area contributed by atoms with Gasteiger partial charge in [-0.2, -0.15) is 0 Å². The number of fused-ring (bicyclic) bond motifs is 1. The molecule has 2 aromatic rings. The predicted octanol–water partition coefficient (Wildman–Crippen LogP) is 4.16. The third-order valence-electron chi connectivity index (χ3n) is 3.69. The normalized spacial score (nSPS) is 13.2. The minimum Gasteiger partial charge on any atom is -0.492 e. The van der Waals surface area contributed by atoms with Crippen LogP contribution in [0.1, 0.15) is 23.6 Å². The monoisotopic (exact) mass is 238 g/mol. The Bertz CT molecular complexity index is 584. The molecule has 0 aromatic heterocycles. The molecule has 1 heteroatoms. The Labute approximate surface area is 108 Å². The van der Waals surface area contributed by atoms with Crippen LogP contribution in [-0.2, 0) is 12.8 Å². The molecular formula is C17H18O. The predicted molar refractivity (Wildman–Crippen MR) is 75.2 cm³/mol. The van der Waals surface area contributed by atoms with Crippen molar-refractivity contribution in [2.24, 2.45) is 0 Å². The summed E-state index contributed by atoms with van der Waals surface area (Å²) in [6, 6.07) is 13.1. The molecule has 2 aromatic carbocycles. The summed E-state index contributed by atoms with van der Waals surface area (Å²) in [5.74, 6) is 1.10. The number of benzene rings is 2. The molecule has 1 heterocycles. The maximum Gasteiger partial charge on any atom is 0.130 e. The van der Waals surface area contributed by atoms with E-state index in [4.69, 9.17) is 4.74 Å². The molecule has 18 heavy (non-hydrogen) atoms. The van der Waals surface area contributed by atoms with Crippen LogP contribution in [0, 0.1) is 6.92 Å². The van der Waals surface area contributed by atoms with Crippen LogP contribution in [0.3, 0.4) is 0 Å². The van der Waals surface area contributed by atoms with Crippen molar-refractivity contribution in [2.45, 2.75) is 26.7 Å². The summed E-state index contributed by atoms with van der Waals surface area (Å²) in [6.07, 6.45) is 2.12. The van der Waals surface area contributed by atoms with Gasteiger partial charge >= 0.3 is 0 Å². The molecule has 0 spiro atoms. The van der Waals surface area contributed by atoms with E-state index in [1.54, 1.807) is 0 Å². The van der Waals surface area contributed by atoms with Gasteiger partial charge in [0.15, 0.2) is 0 Å². The Hall–Kier alpha value is -1.76. The van der Waals surface area contributed by atoms with Crippen LogP contribution in [0.4, 0.5) is 0 Å². The summed E-state index contributed by atoms with van der Waals surface area (Å²) in [4.78, 5) is 0. The lowest BCUT2D eigenvalue weighted by Gasteiger charge is -2.12. The lowest BCUT2D eigenvalue weighted by Crippen LogP contribution is -1.92. The first-order valence-corrected chi connectivity index (χ1v) is 6.64. The Morgan fingerprint density at radius 1 is 1.11 bits per heavy atom. The van der Waals surface area contributed by atoms with Crippen molar-refractivity contribution in [3.8, 4) is 16.9 Å². The molecule has 92 valence electrons. The average Bonchev–Trinajstić information content (AvgIpc) is 2.86. The van der Waals surface area contributed by atoms with Crippen molar-refractivity contribution in [1.29, 1.82) is 0 Å². The third-order valence-corrected chi connectivity index (χ3v) is 3.69. The van der Waals surface area contributed by atoms with Crippen molar-refractivity contribution >= 4 is 0 Å². The zero-order valence-corrected chi connectivity index (χ0v) is 11.0. The van der Waals surface area contributed by atoms with Gasteiger partial charge in [0, 0.05) is 12.0 Å². The van der Waals surface area contributed by atoms with E-state index in [0.717, 1.165) is 25.2 Å². The zero-order chi connectivity index (χ0) is 12.5. The van der Waals surface area contributed by atoms with E-state index in [2.05, 4.69) is 50.2 Å². The molecule has 0 saturated carbocycles. The van der Waals surface area contributed by atoms with Gasteiger partial charge in [-0.3, -0.25) is 0 Å². The van der Waals surface area contributed by atoms with E-state index in [-0.39, 0.29) is 0 Å². The lowest BCUT2D eigenvalue weighted by molar-refractivity contribution is 0.358. The van der Waals surface area contributed by atoms with E-state index in [1.165, 1.54) is 27.8 Å². The number of ether oxygens (including phenoxy) is 1. The minimum atomic E-state index is 0.821. The van der Waals surface area contributed by atoms with Crippen molar-refractivity contribution in [3.05, 3.63) is 53.1 Å². The van der Waals surface area contributed by atoms with Crippen LogP contribution in [0.15, 0.2) is 36.4 Å². The van der Waals surface area contributed by atoms with E-state index in [0.29, 0.717) is 0 Å². The third kappa shape index (κ3) is 1.80. The van der Waals surface area contributed by atoms with Gasteiger partial charge < -0.3 is 4.74 Å². The Morgan fingerprint density at radius 3 is 2.72 bits per heavy atom. The van der Waals surface area contributed by atoms with E-state index >= 15 is 0 Å². The molecule has 1 nitrogen and oxygen atoms in total. The molecule has 0 aliphatic carbocycles. The Kier molecular flexibility index (Phi) is 2.83. The van der Waals surface area contributed by atoms with Gasteiger partial charge in [0.05, 0.1) is 6.61 Å². The number of rotatable bonds is 2. The largest absolute Gasteiger partial charge is 0.492 e. The van der Waals surface area contributed by atoms with E-state index in [1.807, 2.05) is 0 Å². The van der Waals surface area contributed by atoms with Gasteiger partial charge in [0.25, 0.3) is 0 Å². The van der Waals surface area contributed by atoms with Gasteiger partial charge in [0.1, 0.15) is 5.75 Å². The van der Waals surface area contributed by atoms with Crippen LogP contribution in [0.2, 0.25) is 0 Å². The van der Waals surface area contributed by atoms with Crippen molar-refractivity contribution < 1.29 is 4.74 Å². The fourth-order valence-electron chi connectivity index (χ4n) is 2.65. The van der Waals surface area contributed by atoms with E-state index < -0.39 is 0 Å². The number of aryl methyl sites for hydroxylation is 2. The first-order valence-electron chi connectivity index (χ1n) is 6.64. The van der Waals surface area contributed by atoms with Gasteiger partial charge in [-0.1, -0.05) is 37.3 Å². The highest BCUT2D eigenvalue weighted by Crippen LogP contribution is 2.39. The van der Waals surface area contributed by atoms with Crippen molar-refractivity contribution in [2.75, 3.05) is 6.61 Å². The Balaban J connectivity index is 2.23. The molecule has 1 aliphatic heterocycles. The number of hydrogen-bond donors (Lipinski definition) is 0. The van der Waals surface area contributed by atoms with Crippen LogP contribution in [0.25, 0.3) is 11.1 Å². The summed E-state index contributed by atoms with van der Waals surface area (Å²) in [5, 5.41) is 0. The summed E-state index contributed by atoms with van der Waals surface area (Å²) < 4.78 is 5.84. The summed E-state index contributed by atoms with van der Waals surface area (Å²) >= 11 is 0. The highest BCUT2D eigenvalue weighted by Gasteiger charge is 2.19. The second kappa shape index (κ2) is 4.49. The van der Waals surface area contributed by atoms with Gasteiger partial charge in [-0.15, -0.1) is 0 Å². The van der Waals surface area contributed by atoms with Gasteiger partial charge in [0.2, 0.25) is 0 Å². The highest BCUT2D eigenvalue weighted by atomic mass is 16.5. The second-order valence-electron chi connectivity index (χ2n) is 4.90. The number of hydrogen-bond acceptors (Lipinski definition) is 1. The van der Waals surface area contributed by atoms with Crippen LogP contribution in [-0.4, -0.2) is 6.61 Å². The van der Waals surface area contributed by atoms with Crippen LogP contribution >= 0.6 is 0 Å². The molecule has 0 unspecified atom stereocenters. The molecular weight excluding hydrogens is 220 g/mol. The minimum absolute atomic E-state index is 0.821. The molecule has 0 N–H and O–H groups in total. The molecule has 1 aliphatic rings. The molecule has 3 rings (SSSR count). The smallest absolute Gasteiger partial charge is 0.130 e. The first-order chi connectivity index (χ1) is 8.79. The molecule has 0 amide bonds. The van der Waals surface area contributed by atoms with Crippen LogP contribution in [0.5, 0.6) is 5.75 Å². The maximum atomic E-state index is 5.84. The van der Waals surface area contributed by atoms with Crippen molar-refractivity contribution in [1.82, 2.24) is 0 Å². The zero-order valence-electron chi connectivity index (χ0n) is 11.0. The maximum absolute atomic E-state index is 5.84. The SMILES string of the molecule is CCc1cc2c(c(-c3ccccc3C)c1)OCC2. The average molecular weight is 238 g/mol. The summed E-state index contributed by atoms with van der Waals surface area (Å²) in [6.45, 7) is 5.19. The van der Waals surface area contributed by atoms with E-state index in [9.17, 15) is 0 Å². The molecule has 0 radical (unpaired) electrons. The molecule has 0 atom stereocenters. The summed E-state index contributed by atoms with van der Waals surface area (Å²) in [5.41, 5.74) is 6.64. The van der Waals surface area contributed by atoms with Gasteiger partial charge in [-0.05, 0) is 41.7 Å². The molecule has 0 bridgehead atoms. The standard InChI is InChI=1S/C17H18O/c1-3-13-10-14-8-9-18-17(14)16(11-13)15-7-5-4-6-12(15)2/h4-7,10-11H,3,8-9H2,1-2H3. The van der Waals surface area contributed by atoms with Crippen LogP contribution < -0.4 is 4.74 Å². The highest BCUT2D eigenvalue weighted by molar-refractivity contribution is 5.76.